The van der Waals surface area contributed by atoms with Crippen molar-refractivity contribution in [2.75, 3.05) is 0 Å². The van der Waals surface area contributed by atoms with Gasteiger partial charge in [-0.3, -0.25) is 0 Å². The van der Waals surface area contributed by atoms with Gasteiger partial charge in [-0.1, -0.05) is 89.0 Å². The summed E-state index contributed by atoms with van der Waals surface area (Å²) in [5.41, 5.74) is 2.33. The maximum absolute atomic E-state index is 2.78. The van der Waals surface area contributed by atoms with Crippen molar-refractivity contribution in [3.8, 4) is 0 Å². The minimum Gasteiger partial charge on any atom is -0.0654 e. The maximum Gasteiger partial charge on any atom is -0.0171 e. The van der Waals surface area contributed by atoms with Gasteiger partial charge in [-0.15, -0.1) is 0 Å². The van der Waals surface area contributed by atoms with Crippen molar-refractivity contribution >= 4 is 0 Å². The highest BCUT2D eigenvalue weighted by Crippen LogP contribution is 2.92. The third-order valence-electron chi connectivity index (χ3n) is 13.6. The summed E-state index contributed by atoms with van der Waals surface area (Å²) in [6.45, 7) is 29.2. The van der Waals surface area contributed by atoms with Crippen LogP contribution in [-0.2, 0) is 0 Å². The van der Waals surface area contributed by atoms with E-state index in [4.69, 9.17) is 0 Å². The zero-order chi connectivity index (χ0) is 19.7. The predicted molar refractivity (Wildman–Crippen MR) is 113 cm³/mol. The van der Waals surface area contributed by atoms with Crippen molar-refractivity contribution in [1.82, 2.24) is 0 Å². The van der Waals surface area contributed by atoms with Gasteiger partial charge in [0.1, 0.15) is 0 Å². The molecule has 0 N–H and O–H groups in total. The molecule has 11 atom stereocenters. The molecule has 0 radical (unpaired) electrons. The number of hydrogen-bond acceptors (Lipinski definition) is 0. The first kappa shape index (κ1) is 19.3. The molecule has 5 fully saturated rings. The summed E-state index contributed by atoms with van der Waals surface area (Å²) in [6.07, 6.45) is 4.33. The Kier molecular flexibility index (Phi) is 3.67. The van der Waals surface area contributed by atoms with Crippen molar-refractivity contribution in [1.29, 1.82) is 0 Å². The van der Waals surface area contributed by atoms with Gasteiger partial charge in [0, 0.05) is 0 Å². The van der Waals surface area contributed by atoms with E-state index in [-0.39, 0.29) is 0 Å². The van der Waals surface area contributed by atoms with Crippen LogP contribution < -0.4 is 0 Å². The standard InChI is InChI=1S/C26H46/c1-12-13-19-14-20-17(4)24(9)25(20,10)22(6,7)15(2)16(3)23(8)18(5)21(19)26(23,24)11/h15-21H,12-14H2,1-11H3. The molecule has 4 bridgehead atoms. The SMILES string of the molecule is CCCC1CC2C(C)C3(C)C2(C)C(C)(C)C(C)C(C)C2(C)C(C)C1C23C. The fourth-order valence-electron chi connectivity index (χ4n) is 11.3. The van der Waals surface area contributed by atoms with E-state index in [0.717, 1.165) is 41.4 Å². The molecule has 5 aliphatic carbocycles. The lowest BCUT2D eigenvalue weighted by Gasteiger charge is -2.82. The summed E-state index contributed by atoms with van der Waals surface area (Å²) in [5, 5.41) is 0. The lowest BCUT2D eigenvalue weighted by Crippen LogP contribution is -2.78. The average molecular weight is 359 g/mol. The molecule has 0 aromatic rings. The van der Waals surface area contributed by atoms with Gasteiger partial charge in [0.15, 0.2) is 0 Å². The first-order valence-electron chi connectivity index (χ1n) is 11.8. The Hall–Kier alpha value is 0. The molecule has 11 unspecified atom stereocenters. The molecular formula is C26H46. The highest BCUT2D eigenvalue weighted by Gasteiger charge is 2.87. The second kappa shape index (κ2) is 4.94. The van der Waals surface area contributed by atoms with Crippen LogP contribution in [0.4, 0.5) is 0 Å². The largest absolute Gasteiger partial charge is 0.0654 e. The molecule has 0 aliphatic heterocycles. The fourth-order valence-corrected chi connectivity index (χ4v) is 11.3. The zero-order valence-electron chi connectivity index (χ0n) is 19.7. The maximum atomic E-state index is 2.78. The average Bonchev–Trinajstić information content (AvgIpc) is 2.71. The quantitative estimate of drug-likeness (QED) is 0.475. The summed E-state index contributed by atoms with van der Waals surface area (Å²) in [6, 6.07) is 0. The van der Waals surface area contributed by atoms with Gasteiger partial charge in [-0.25, -0.2) is 0 Å². The molecule has 26 heavy (non-hydrogen) atoms. The van der Waals surface area contributed by atoms with Crippen LogP contribution in [0.5, 0.6) is 0 Å². The van der Waals surface area contributed by atoms with E-state index in [1.165, 1.54) is 19.3 Å². The van der Waals surface area contributed by atoms with Gasteiger partial charge in [0.25, 0.3) is 0 Å². The van der Waals surface area contributed by atoms with E-state index in [1.807, 2.05) is 0 Å². The Morgan fingerprint density at radius 3 is 1.81 bits per heavy atom. The lowest BCUT2D eigenvalue weighted by atomic mass is 9.22. The van der Waals surface area contributed by atoms with Crippen LogP contribution in [0.15, 0.2) is 0 Å². The Labute approximate surface area is 164 Å². The molecule has 0 nitrogen and oxygen atoms in total. The molecule has 0 aromatic heterocycles. The second-order valence-corrected chi connectivity index (χ2v) is 12.7. The van der Waals surface area contributed by atoms with Crippen molar-refractivity contribution in [2.24, 2.45) is 68.5 Å². The minimum absolute atomic E-state index is 0.410. The van der Waals surface area contributed by atoms with Crippen LogP contribution in [-0.4, -0.2) is 0 Å². The Morgan fingerprint density at radius 2 is 1.27 bits per heavy atom. The number of rotatable bonds is 2. The van der Waals surface area contributed by atoms with Crippen LogP contribution in [0.1, 0.15) is 95.4 Å². The summed E-state index contributed by atoms with van der Waals surface area (Å²) in [5.74, 6) is 6.18. The first-order chi connectivity index (χ1) is 11.8. The van der Waals surface area contributed by atoms with E-state index in [0.29, 0.717) is 27.1 Å². The van der Waals surface area contributed by atoms with Crippen LogP contribution in [0.3, 0.4) is 0 Å². The van der Waals surface area contributed by atoms with Crippen molar-refractivity contribution in [3.05, 3.63) is 0 Å². The molecule has 0 heterocycles. The molecule has 150 valence electrons. The Bertz CT molecular complexity index is 618. The van der Waals surface area contributed by atoms with E-state index in [2.05, 4.69) is 76.2 Å². The van der Waals surface area contributed by atoms with Crippen LogP contribution in [0, 0.1) is 68.5 Å². The summed E-state index contributed by atoms with van der Waals surface area (Å²) >= 11 is 0. The van der Waals surface area contributed by atoms with Gasteiger partial charge in [-0.2, -0.15) is 0 Å². The number of hydrogen-bond donors (Lipinski definition) is 0. The third-order valence-corrected chi connectivity index (χ3v) is 13.6. The van der Waals surface area contributed by atoms with Gasteiger partial charge in [0.05, 0.1) is 0 Å². The summed E-state index contributed by atoms with van der Waals surface area (Å²) < 4.78 is 0. The smallest absolute Gasteiger partial charge is 0.0171 e. The first-order valence-corrected chi connectivity index (χ1v) is 11.8. The molecule has 0 amide bonds. The molecule has 5 aliphatic rings. The van der Waals surface area contributed by atoms with E-state index in [9.17, 15) is 0 Å². The molecule has 0 spiro atoms. The zero-order valence-corrected chi connectivity index (χ0v) is 19.7. The van der Waals surface area contributed by atoms with Crippen LogP contribution in [0.2, 0.25) is 0 Å². The van der Waals surface area contributed by atoms with E-state index < -0.39 is 0 Å². The third kappa shape index (κ3) is 1.41. The van der Waals surface area contributed by atoms with E-state index in [1.54, 1.807) is 0 Å². The highest BCUT2D eigenvalue weighted by molar-refractivity contribution is 5.34. The van der Waals surface area contributed by atoms with E-state index >= 15 is 0 Å². The van der Waals surface area contributed by atoms with Crippen molar-refractivity contribution in [2.45, 2.75) is 95.4 Å². The van der Waals surface area contributed by atoms with Crippen molar-refractivity contribution in [3.63, 3.8) is 0 Å². The molecule has 0 saturated heterocycles. The summed E-state index contributed by atoms with van der Waals surface area (Å²) in [7, 11) is 0. The molecule has 5 rings (SSSR count). The Morgan fingerprint density at radius 1 is 0.692 bits per heavy atom. The van der Waals surface area contributed by atoms with Crippen LogP contribution >= 0.6 is 0 Å². The minimum atomic E-state index is 0.410. The second-order valence-electron chi connectivity index (χ2n) is 12.7. The predicted octanol–water partition coefficient (Wildman–Crippen LogP) is 7.68. The van der Waals surface area contributed by atoms with Gasteiger partial charge in [-0.05, 0) is 74.9 Å². The monoisotopic (exact) mass is 358 g/mol. The van der Waals surface area contributed by atoms with Crippen molar-refractivity contribution < 1.29 is 0 Å². The molecular weight excluding hydrogens is 312 g/mol. The van der Waals surface area contributed by atoms with Gasteiger partial charge < -0.3 is 0 Å². The molecule has 5 saturated carbocycles. The highest BCUT2D eigenvalue weighted by atomic mass is 14.9. The normalized spacial score (nSPS) is 65.4. The lowest BCUT2D eigenvalue weighted by molar-refractivity contribution is -0.352. The summed E-state index contributed by atoms with van der Waals surface area (Å²) in [4.78, 5) is 0. The topological polar surface area (TPSA) is 0 Å². The molecule has 0 heteroatoms. The Balaban J connectivity index is 2.04. The van der Waals surface area contributed by atoms with Crippen LogP contribution in [0.25, 0.3) is 0 Å². The number of fused-ring (bicyclic) bond motifs is 1. The van der Waals surface area contributed by atoms with Gasteiger partial charge >= 0.3 is 0 Å². The fraction of sp³-hybridized carbons (Fsp3) is 1.00. The van der Waals surface area contributed by atoms with Gasteiger partial charge in [0.2, 0.25) is 0 Å². The molecule has 0 aromatic carbocycles.